The van der Waals surface area contributed by atoms with Gasteiger partial charge in [0, 0.05) is 13.1 Å². The minimum Gasteiger partial charge on any atom is -0.494 e. The third-order valence-corrected chi connectivity index (χ3v) is 5.43. The van der Waals surface area contributed by atoms with Crippen LogP contribution in [0.3, 0.4) is 0 Å². The molecule has 7 heteroatoms. The summed E-state index contributed by atoms with van der Waals surface area (Å²) in [6.07, 6.45) is 5.69. The number of benzene rings is 1. The predicted octanol–water partition coefficient (Wildman–Crippen LogP) is 3.52. The average Bonchev–Trinajstić information content (AvgIpc) is 2.95. The van der Waals surface area contributed by atoms with Crippen LogP contribution in [0.2, 0.25) is 0 Å². The fraction of sp³-hybridized carbons (Fsp3) is 0.450. The van der Waals surface area contributed by atoms with Crippen LogP contribution in [0.1, 0.15) is 38.2 Å². The Morgan fingerprint density at radius 3 is 2.52 bits per heavy atom. The second-order valence-electron chi connectivity index (χ2n) is 6.63. The summed E-state index contributed by atoms with van der Waals surface area (Å²) in [5, 5.41) is -0.389. The van der Waals surface area contributed by atoms with E-state index >= 15 is 0 Å². The van der Waals surface area contributed by atoms with Crippen molar-refractivity contribution < 1.29 is 19.1 Å². The SMILES string of the molecule is CCCOc1ccc(/C=C2\SC(=O)N(CC(=O)N3CCCCC3)C2=O)cc1. The smallest absolute Gasteiger partial charge is 0.294 e. The van der Waals surface area contributed by atoms with Gasteiger partial charge in [0.1, 0.15) is 12.3 Å². The van der Waals surface area contributed by atoms with Crippen molar-refractivity contribution in [1.29, 1.82) is 0 Å². The summed E-state index contributed by atoms with van der Waals surface area (Å²) in [6.45, 7) is 3.93. The van der Waals surface area contributed by atoms with Crippen LogP contribution in [-0.2, 0) is 9.59 Å². The first-order chi connectivity index (χ1) is 13.1. The van der Waals surface area contributed by atoms with Crippen LogP contribution in [0, 0.1) is 0 Å². The zero-order chi connectivity index (χ0) is 19.2. The van der Waals surface area contributed by atoms with Gasteiger partial charge in [-0.15, -0.1) is 0 Å². The van der Waals surface area contributed by atoms with E-state index in [-0.39, 0.29) is 17.7 Å². The Morgan fingerprint density at radius 2 is 1.85 bits per heavy atom. The minimum absolute atomic E-state index is 0.157. The monoisotopic (exact) mass is 388 g/mol. The Morgan fingerprint density at radius 1 is 1.15 bits per heavy atom. The number of piperidine rings is 1. The van der Waals surface area contributed by atoms with E-state index in [4.69, 9.17) is 4.74 Å². The maximum atomic E-state index is 12.6. The first-order valence-corrected chi connectivity index (χ1v) is 10.2. The van der Waals surface area contributed by atoms with E-state index in [0.717, 1.165) is 53.7 Å². The molecule has 144 valence electrons. The molecule has 2 saturated heterocycles. The Labute approximate surface area is 163 Å². The molecule has 2 aliphatic heterocycles. The zero-order valence-electron chi connectivity index (χ0n) is 15.5. The van der Waals surface area contributed by atoms with Crippen molar-refractivity contribution in [2.75, 3.05) is 26.2 Å². The molecule has 0 N–H and O–H groups in total. The van der Waals surface area contributed by atoms with Gasteiger partial charge in [-0.05, 0) is 61.2 Å². The van der Waals surface area contributed by atoms with Crippen LogP contribution in [0.4, 0.5) is 4.79 Å². The summed E-state index contributed by atoms with van der Waals surface area (Å²) < 4.78 is 5.54. The molecule has 1 aromatic carbocycles. The van der Waals surface area contributed by atoms with Crippen LogP contribution in [0.15, 0.2) is 29.2 Å². The van der Waals surface area contributed by atoms with E-state index in [1.807, 2.05) is 31.2 Å². The number of hydrogen-bond acceptors (Lipinski definition) is 5. The summed E-state index contributed by atoms with van der Waals surface area (Å²) in [4.78, 5) is 40.3. The first kappa shape index (κ1) is 19.5. The lowest BCUT2D eigenvalue weighted by Crippen LogP contribution is -2.44. The highest BCUT2D eigenvalue weighted by molar-refractivity contribution is 8.18. The molecule has 6 nitrogen and oxygen atoms in total. The van der Waals surface area contributed by atoms with Gasteiger partial charge < -0.3 is 9.64 Å². The lowest BCUT2D eigenvalue weighted by molar-refractivity contribution is -0.136. The molecule has 3 amide bonds. The zero-order valence-corrected chi connectivity index (χ0v) is 16.3. The van der Waals surface area contributed by atoms with Crippen molar-refractivity contribution >= 4 is 34.9 Å². The number of ether oxygens (including phenoxy) is 1. The van der Waals surface area contributed by atoms with Crippen molar-refractivity contribution in [1.82, 2.24) is 9.80 Å². The van der Waals surface area contributed by atoms with Crippen molar-refractivity contribution in [2.24, 2.45) is 0 Å². The molecule has 0 unspecified atom stereocenters. The number of rotatable bonds is 6. The molecular formula is C20H24N2O4S. The van der Waals surface area contributed by atoms with Crippen molar-refractivity contribution in [3.8, 4) is 5.75 Å². The molecular weight excluding hydrogens is 364 g/mol. The van der Waals surface area contributed by atoms with Crippen LogP contribution >= 0.6 is 11.8 Å². The third-order valence-electron chi connectivity index (χ3n) is 4.53. The second kappa shape index (κ2) is 9.08. The average molecular weight is 388 g/mol. The number of nitrogens with zero attached hydrogens (tertiary/aromatic N) is 2. The van der Waals surface area contributed by atoms with Crippen LogP contribution in [0.5, 0.6) is 5.75 Å². The highest BCUT2D eigenvalue weighted by Crippen LogP contribution is 2.32. The molecule has 2 aliphatic rings. The predicted molar refractivity (Wildman–Crippen MR) is 105 cm³/mol. The largest absolute Gasteiger partial charge is 0.494 e. The van der Waals surface area contributed by atoms with E-state index in [1.54, 1.807) is 11.0 Å². The number of amides is 3. The molecule has 2 heterocycles. The molecule has 0 aliphatic carbocycles. The molecule has 27 heavy (non-hydrogen) atoms. The number of likely N-dealkylation sites (tertiary alicyclic amines) is 1. The number of imide groups is 1. The Kier molecular flexibility index (Phi) is 6.55. The van der Waals surface area contributed by atoms with Gasteiger partial charge in [0.2, 0.25) is 5.91 Å². The van der Waals surface area contributed by atoms with Gasteiger partial charge in [0.25, 0.3) is 11.1 Å². The Bertz CT molecular complexity index is 739. The fourth-order valence-electron chi connectivity index (χ4n) is 3.05. The summed E-state index contributed by atoms with van der Waals surface area (Å²) in [5.41, 5.74) is 0.812. The van der Waals surface area contributed by atoms with E-state index in [0.29, 0.717) is 24.6 Å². The Hall–Kier alpha value is -2.28. The van der Waals surface area contributed by atoms with Crippen LogP contribution in [-0.4, -0.2) is 53.1 Å². The molecule has 2 fully saturated rings. The van der Waals surface area contributed by atoms with Crippen molar-refractivity contribution in [3.63, 3.8) is 0 Å². The highest BCUT2D eigenvalue weighted by atomic mass is 32.2. The summed E-state index contributed by atoms with van der Waals surface area (Å²) in [6, 6.07) is 7.37. The summed E-state index contributed by atoms with van der Waals surface area (Å²) in [5.74, 6) is 0.214. The molecule has 0 spiro atoms. The Balaban J connectivity index is 1.64. The first-order valence-electron chi connectivity index (χ1n) is 9.34. The number of thioether (sulfide) groups is 1. The lowest BCUT2D eigenvalue weighted by Gasteiger charge is -2.27. The molecule has 0 saturated carbocycles. The van der Waals surface area contributed by atoms with Gasteiger partial charge in [-0.1, -0.05) is 19.1 Å². The van der Waals surface area contributed by atoms with Crippen molar-refractivity contribution in [2.45, 2.75) is 32.6 Å². The number of carbonyl (C=O) groups is 3. The third kappa shape index (κ3) is 4.91. The normalized spacial score (nSPS) is 19.1. The molecule has 1 aromatic rings. The van der Waals surface area contributed by atoms with E-state index in [2.05, 4.69) is 0 Å². The molecule has 0 bridgehead atoms. The summed E-state index contributed by atoms with van der Waals surface area (Å²) >= 11 is 0.880. The van der Waals surface area contributed by atoms with Gasteiger partial charge in [-0.3, -0.25) is 19.3 Å². The van der Waals surface area contributed by atoms with E-state index < -0.39 is 5.91 Å². The standard InChI is InChI=1S/C20H24N2O4S/c1-2-12-26-16-8-6-15(7-9-16)13-17-19(24)22(20(25)27-17)14-18(23)21-10-4-3-5-11-21/h6-9,13H,2-5,10-12,14H2,1H3/b17-13-. The fourth-order valence-corrected chi connectivity index (χ4v) is 3.88. The van der Waals surface area contributed by atoms with Crippen molar-refractivity contribution in [3.05, 3.63) is 34.7 Å². The second-order valence-corrected chi connectivity index (χ2v) is 7.62. The quantitative estimate of drug-likeness (QED) is 0.698. The number of hydrogen-bond donors (Lipinski definition) is 0. The molecule has 3 rings (SSSR count). The molecule has 0 radical (unpaired) electrons. The van der Waals surface area contributed by atoms with Gasteiger partial charge in [0.05, 0.1) is 11.5 Å². The van der Waals surface area contributed by atoms with Crippen LogP contribution in [0.25, 0.3) is 6.08 Å². The van der Waals surface area contributed by atoms with Gasteiger partial charge in [-0.2, -0.15) is 0 Å². The highest BCUT2D eigenvalue weighted by Gasteiger charge is 2.37. The topological polar surface area (TPSA) is 66.9 Å². The van der Waals surface area contributed by atoms with Gasteiger partial charge in [-0.25, -0.2) is 0 Å². The molecule has 0 atom stereocenters. The van der Waals surface area contributed by atoms with Gasteiger partial charge in [0.15, 0.2) is 0 Å². The van der Waals surface area contributed by atoms with Crippen LogP contribution < -0.4 is 4.74 Å². The minimum atomic E-state index is -0.401. The number of carbonyl (C=O) groups excluding carboxylic acids is 3. The molecule has 0 aromatic heterocycles. The lowest BCUT2D eigenvalue weighted by atomic mass is 10.1. The van der Waals surface area contributed by atoms with E-state index in [1.165, 1.54) is 0 Å². The van der Waals surface area contributed by atoms with E-state index in [9.17, 15) is 14.4 Å². The summed E-state index contributed by atoms with van der Waals surface area (Å²) in [7, 11) is 0. The maximum absolute atomic E-state index is 12.6. The van der Waals surface area contributed by atoms with Gasteiger partial charge >= 0.3 is 0 Å². The maximum Gasteiger partial charge on any atom is 0.294 e.